The van der Waals surface area contributed by atoms with E-state index in [1.165, 1.54) is 50.5 Å². The molecule has 0 heterocycles. The molecule has 0 N–H and O–H groups in total. The molecule has 0 atom stereocenters. The standard InChI is InChI=1S/C22H30N2O/c1-3-4-5-6-7-8-9-10-20-13-17-22(18-14-20)24(25)23-21-15-11-19(2)12-16-21/h11-18H,3-10H2,1-2H3. The molecule has 0 fully saturated rings. The quantitative estimate of drug-likeness (QED) is 0.195. The monoisotopic (exact) mass is 338 g/mol. The van der Waals surface area contributed by atoms with Gasteiger partial charge in [-0.25, -0.2) is 0 Å². The van der Waals surface area contributed by atoms with Crippen LogP contribution in [0, 0.1) is 12.1 Å². The summed E-state index contributed by atoms with van der Waals surface area (Å²) in [5, 5.41) is 16.2. The molecule has 3 nitrogen and oxygen atoms in total. The number of benzene rings is 2. The molecule has 0 amide bonds. The van der Waals surface area contributed by atoms with Gasteiger partial charge in [0.25, 0.3) is 0 Å². The number of aryl methyl sites for hydroxylation is 2. The Hall–Kier alpha value is -2.16. The van der Waals surface area contributed by atoms with Crippen molar-refractivity contribution >= 4 is 11.4 Å². The van der Waals surface area contributed by atoms with E-state index in [-0.39, 0.29) is 0 Å². The predicted octanol–water partition coefficient (Wildman–Crippen LogP) is 7.21. The van der Waals surface area contributed by atoms with Crippen LogP contribution in [0.5, 0.6) is 0 Å². The topological polar surface area (TPSA) is 38.4 Å². The first-order valence-electron chi connectivity index (χ1n) is 9.53. The highest BCUT2D eigenvalue weighted by atomic mass is 16.5. The van der Waals surface area contributed by atoms with Gasteiger partial charge in [-0.2, -0.15) is 0 Å². The number of rotatable bonds is 10. The maximum atomic E-state index is 12.1. The van der Waals surface area contributed by atoms with Crippen LogP contribution in [-0.4, -0.2) is 4.86 Å². The number of hydrogen-bond acceptors (Lipinski definition) is 2. The maximum Gasteiger partial charge on any atom is 0.244 e. The number of nitrogens with zero attached hydrogens (tertiary/aromatic N) is 2. The van der Waals surface area contributed by atoms with Gasteiger partial charge in [0, 0.05) is 17.2 Å². The summed E-state index contributed by atoms with van der Waals surface area (Å²) in [7, 11) is 0. The minimum atomic E-state index is 0.573. The van der Waals surface area contributed by atoms with E-state index in [9.17, 15) is 5.21 Å². The van der Waals surface area contributed by atoms with Crippen molar-refractivity contribution in [1.82, 2.24) is 0 Å². The van der Waals surface area contributed by atoms with Crippen molar-refractivity contribution in [3.63, 3.8) is 0 Å². The molecule has 3 heteroatoms. The average Bonchev–Trinajstić information content (AvgIpc) is 2.63. The molecule has 0 aliphatic rings. The summed E-state index contributed by atoms with van der Waals surface area (Å²) in [6, 6.07) is 15.4. The molecule has 2 rings (SSSR count). The Morgan fingerprint density at radius 1 is 0.800 bits per heavy atom. The van der Waals surface area contributed by atoms with Crippen molar-refractivity contribution in [3.05, 3.63) is 64.9 Å². The number of unbranched alkanes of at least 4 members (excludes halogenated alkanes) is 6. The summed E-state index contributed by atoms with van der Waals surface area (Å²) >= 11 is 0. The molecule has 0 saturated heterocycles. The lowest BCUT2D eigenvalue weighted by atomic mass is 10.0. The second-order valence-corrected chi connectivity index (χ2v) is 6.75. The van der Waals surface area contributed by atoms with Gasteiger partial charge in [-0.1, -0.05) is 80.1 Å². The van der Waals surface area contributed by atoms with Crippen molar-refractivity contribution in [1.29, 1.82) is 0 Å². The van der Waals surface area contributed by atoms with Crippen molar-refractivity contribution in [2.45, 2.75) is 65.2 Å². The van der Waals surface area contributed by atoms with E-state index in [2.05, 4.69) is 12.0 Å². The van der Waals surface area contributed by atoms with Crippen LogP contribution in [0.1, 0.15) is 63.0 Å². The Balaban J connectivity index is 1.79. The van der Waals surface area contributed by atoms with Gasteiger partial charge in [0.2, 0.25) is 5.69 Å². The van der Waals surface area contributed by atoms with Crippen LogP contribution in [0.4, 0.5) is 11.4 Å². The van der Waals surface area contributed by atoms with Gasteiger partial charge in [0.15, 0.2) is 0 Å². The van der Waals surface area contributed by atoms with Crippen LogP contribution in [-0.2, 0) is 6.42 Å². The largest absolute Gasteiger partial charge is 0.594 e. The van der Waals surface area contributed by atoms with Gasteiger partial charge < -0.3 is 5.21 Å². The molecule has 2 aromatic carbocycles. The van der Waals surface area contributed by atoms with Gasteiger partial charge in [-0.15, -0.1) is 0 Å². The summed E-state index contributed by atoms with van der Waals surface area (Å²) in [6.45, 7) is 4.27. The molecule has 0 aliphatic carbocycles. The van der Waals surface area contributed by atoms with Gasteiger partial charge in [0.05, 0.1) is 0 Å². The lowest BCUT2D eigenvalue weighted by Gasteiger charge is -2.04. The molecular formula is C22H30N2O. The molecule has 0 saturated carbocycles. The van der Waals surface area contributed by atoms with Crippen molar-refractivity contribution < 1.29 is 4.86 Å². The predicted molar refractivity (Wildman–Crippen MR) is 105 cm³/mol. The highest BCUT2D eigenvalue weighted by Gasteiger charge is 2.04. The first kappa shape index (κ1) is 19.2. The number of azo groups is 1. The Morgan fingerprint density at radius 3 is 2.04 bits per heavy atom. The highest BCUT2D eigenvalue weighted by molar-refractivity contribution is 5.38. The Kier molecular flexibility index (Phi) is 8.17. The minimum Gasteiger partial charge on any atom is -0.594 e. The van der Waals surface area contributed by atoms with Crippen LogP contribution < -0.4 is 0 Å². The van der Waals surface area contributed by atoms with Gasteiger partial charge in [0.1, 0.15) is 5.69 Å². The SMILES string of the molecule is CCCCCCCCCc1ccc([N+]([O-])=Nc2ccc(C)cc2)cc1. The first-order valence-corrected chi connectivity index (χ1v) is 9.53. The van der Waals surface area contributed by atoms with E-state index >= 15 is 0 Å². The van der Waals surface area contributed by atoms with Crippen LogP contribution in [0.15, 0.2) is 53.6 Å². The van der Waals surface area contributed by atoms with Crippen molar-refractivity contribution in [3.8, 4) is 0 Å². The molecule has 0 aromatic heterocycles. The first-order chi connectivity index (χ1) is 12.2. The Bertz CT molecular complexity index is 645. The van der Waals surface area contributed by atoms with Gasteiger partial charge >= 0.3 is 0 Å². The van der Waals surface area contributed by atoms with E-state index in [1.807, 2.05) is 55.5 Å². The summed E-state index contributed by atoms with van der Waals surface area (Å²) in [6.07, 6.45) is 10.3. The summed E-state index contributed by atoms with van der Waals surface area (Å²) in [5.74, 6) is 0. The lowest BCUT2D eigenvalue weighted by Crippen LogP contribution is -1.92. The maximum absolute atomic E-state index is 12.1. The van der Waals surface area contributed by atoms with E-state index in [0.717, 1.165) is 12.0 Å². The third kappa shape index (κ3) is 7.08. The third-order valence-corrected chi connectivity index (χ3v) is 4.47. The van der Waals surface area contributed by atoms with E-state index < -0.39 is 0 Å². The molecule has 2 aromatic rings. The summed E-state index contributed by atoms with van der Waals surface area (Å²) in [5.41, 5.74) is 3.70. The van der Waals surface area contributed by atoms with Crippen molar-refractivity contribution in [2.75, 3.05) is 0 Å². The van der Waals surface area contributed by atoms with E-state index in [1.54, 1.807) is 0 Å². The fourth-order valence-electron chi connectivity index (χ4n) is 2.85. The zero-order chi connectivity index (χ0) is 17.9. The smallest absolute Gasteiger partial charge is 0.244 e. The normalized spacial score (nSPS) is 11.7. The molecular weight excluding hydrogens is 308 g/mol. The zero-order valence-electron chi connectivity index (χ0n) is 15.6. The molecule has 134 valence electrons. The van der Waals surface area contributed by atoms with Gasteiger partial charge in [-0.3, -0.25) is 0 Å². The average molecular weight is 338 g/mol. The molecule has 0 radical (unpaired) electrons. The zero-order valence-corrected chi connectivity index (χ0v) is 15.6. The molecule has 0 spiro atoms. The summed E-state index contributed by atoms with van der Waals surface area (Å²) < 4.78 is 0. The van der Waals surface area contributed by atoms with Crippen LogP contribution in [0.2, 0.25) is 0 Å². The third-order valence-electron chi connectivity index (χ3n) is 4.47. The highest BCUT2D eigenvalue weighted by Crippen LogP contribution is 2.19. The minimum absolute atomic E-state index is 0.573. The van der Waals surface area contributed by atoms with Crippen LogP contribution in [0.25, 0.3) is 0 Å². The summed E-state index contributed by atoms with van der Waals surface area (Å²) in [4.78, 5) is 0.697. The molecule has 0 unspecified atom stereocenters. The van der Waals surface area contributed by atoms with Crippen LogP contribution in [0.3, 0.4) is 0 Å². The van der Waals surface area contributed by atoms with E-state index in [0.29, 0.717) is 16.2 Å². The van der Waals surface area contributed by atoms with Gasteiger partial charge in [-0.05, 0) is 37.5 Å². The molecule has 0 aliphatic heterocycles. The van der Waals surface area contributed by atoms with E-state index in [4.69, 9.17) is 0 Å². The lowest BCUT2D eigenvalue weighted by molar-refractivity contribution is -0.435. The molecule has 0 bridgehead atoms. The second-order valence-electron chi connectivity index (χ2n) is 6.75. The Labute approximate surface area is 152 Å². The van der Waals surface area contributed by atoms with Crippen molar-refractivity contribution in [2.24, 2.45) is 5.11 Å². The fourth-order valence-corrected chi connectivity index (χ4v) is 2.85. The second kappa shape index (κ2) is 10.7. The number of hydrogen-bond donors (Lipinski definition) is 0. The fraction of sp³-hybridized carbons (Fsp3) is 0.455. The Morgan fingerprint density at radius 2 is 1.40 bits per heavy atom. The molecule has 25 heavy (non-hydrogen) atoms. The van der Waals surface area contributed by atoms with Crippen LogP contribution >= 0.6 is 0 Å².